The zero-order valence-corrected chi connectivity index (χ0v) is 7.51. The molecule has 0 aliphatic rings. The van der Waals surface area contributed by atoms with Crippen LogP contribution in [-0.2, 0) is 0 Å². The van der Waals surface area contributed by atoms with Crippen molar-refractivity contribution in [1.82, 2.24) is 15.0 Å². The van der Waals surface area contributed by atoms with Crippen LogP contribution < -0.4 is 0 Å². The minimum Gasteiger partial charge on any atom is -0.343 e. The number of rotatable bonds is 0. The molecule has 0 spiro atoms. The summed E-state index contributed by atoms with van der Waals surface area (Å²) in [4.78, 5) is 11.2. The van der Waals surface area contributed by atoms with Crippen molar-refractivity contribution in [2.45, 2.75) is 6.92 Å². The first-order chi connectivity index (χ1) is 5.27. The van der Waals surface area contributed by atoms with Gasteiger partial charge < -0.3 is 4.98 Å². The molecule has 0 fully saturated rings. The predicted molar refractivity (Wildman–Crippen MR) is 46.3 cm³/mol. The number of hydrogen-bond acceptors (Lipinski definition) is 2. The second-order valence-electron chi connectivity index (χ2n) is 2.38. The van der Waals surface area contributed by atoms with Crippen LogP contribution in [0.4, 0.5) is 0 Å². The van der Waals surface area contributed by atoms with Crippen LogP contribution >= 0.6 is 15.9 Å². The second-order valence-corrected chi connectivity index (χ2v) is 3.13. The van der Waals surface area contributed by atoms with Gasteiger partial charge in [0.15, 0.2) is 0 Å². The van der Waals surface area contributed by atoms with Crippen molar-refractivity contribution in [3.8, 4) is 0 Å². The molecular weight excluding hydrogens is 206 g/mol. The Morgan fingerprint density at radius 2 is 2.27 bits per heavy atom. The lowest BCUT2D eigenvalue weighted by Gasteiger charge is -1.88. The zero-order valence-electron chi connectivity index (χ0n) is 5.93. The van der Waals surface area contributed by atoms with E-state index in [0.717, 1.165) is 21.3 Å². The lowest BCUT2D eigenvalue weighted by atomic mass is 10.4. The van der Waals surface area contributed by atoms with Crippen LogP contribution in [0.15, 0.2) is 17.0 Å². The maximum absolute atomic E-state index is 4.07. The van der Waals surface area contributed by atoms with E-state index in [0.29, 0.717) is 0 Å². The lowest BCUT2D eigenvalue weighted by molar-refractivity contribution is 1.17. The van der Waals surface area contributed by atoms with Crippen molar-refractivity contribution in [2.24, 2.45) is 0 Å². The largest absolute Gasteiger partial charge is 0.343 e. The van der Waals surface area contributed by atoms with Crippen molar-refractivity contribution in [3.05, 3.63) is 22.7 Å². The van der Waals surface area contributed by atoms with E-state index in [9.17, 15) is 0 Å². The van der Waals surface area contributed by atoms with Crippen molar-refractivity contribution in [2.75, 3.05) is 0 Å². The van der Waals surface area contributed by atoms with Gasteiger partial charge in [-0.3, -0.25) is 0 Å². The Morgan fingerprint density at radius 1 is 1.45 bits per heavy atom. The first-order valence-corrected chi connectivity index (χ1v) is 4.02. The standard InChI is InChI=1S/C7H6BrN3/c1-4-2-5-6(8)9-3-10-7(5)11-4/h2-3H,1H3,(H,9,10,11). The normalized spacial score (nSPS) is 10.7. The highest BCUT2D eigenvalue weighted by molar-refractivity contribution is 9.10. The molecule has 3 nitrogen and oxygen atoms in total. The molecule has 0 saturated carbocycles. The number of H-pyrrole nitrogens is 1. The average molecular weight is 212 g/mol. The van der Waals surface area contributed by atoms with E-state index in [-0.39, 0.29) is 0 Å². The number of nitrogens with one attached hydrogen (secondary N) is 1. The molecule has 0 aromatic carbocycles. The van der Waals surface area contributed by atoms with E-state index >= 15 is 0 Å². The van der Waals surface area contributed by atoms with Gasteiger partial charge in [0.1, 0.15) is 16.6 Å². The molecule has 0 aliphatic heterocycles. The van der Waals surface area contributed by atoms with Gasteiger partial charge in [0.25, 0.3) is 0 Å². The van der Waals surface area contributed by atoms with E-state index in [1.807, 2.05) is 13.0 Å². The highest BCUT2D eigenvalue weighted by atomic mass is 79.9. The van der Waals surface area contributed by atoms with Gasteiger partial charge in [-0.1, -0.05) is 0 Å². The number of nitrogens with zero attached hydrogens (tertiary/aromatic N) is 2. The topological polar surface area (TPSA) is 41.6 Å². The van der Waals surface area contributed by atoms with Gasteiger partial charge in [-0.05, 0) is 28.9 Å². The fraction of sp³-hybridized carbons (Fsp3) is 0.143. The van der Waals surface area contributed by atoms with Gasteiger partial charge in [-0.2, -0.15) is 0 Å². The number of aromatic amines is 1. The van der Waals surface area contributed by atoms with Crippen LogP contribution in [0, 0.1) is 6.92 Å². The Morgan fingerprint density at radius 3 is 3.00 bits per heavy atom. The van der Waals surface area contributed by atoms with Crippen molar-refractivity contribution < 1.29 is 0 Å². The third kappa shape index (κ3) is 1.03. The van der Waals surface area contributed by atoms with E-state index in [1.165, 1.54) is 6.33 Å². The summed E-state index contributed by atoms with van der Waals surface area (Å²) in [5.74, 6) is 0. The third-order valence-electron chi connectivity index (χ3n) is 1.51. The predicted octanol–water partition coefficient (Wildman–Crippen LogP) is 2.03. The second kappa shape index (κ2) is 2.30. The Balaban J connectivity index is 2.90. The Hall–Kier alpha value is -0.900. The zero-order chi connectivity index (χ0) is 7.84. The highest BCUT2D eigenvalue weighted by Crippen LogP contribution is 2.19. The molecule has 0 atom stereocenters. The number of fused-ring (bicyclic) bond motifs is 1. The maximum atomic E-state index is 4.07. The SMILES string of the molecule is Cc1cc2c(Br)ncnc2[nH]1. The molecule has 11 heavy (non-hydrogen) atoms. The Labute approximate surface area is 72.0 Å². The first kappa shape index (κ1) is 6.79. The minimum absolute atomic E-state index is 0.840. The van der Waals surface area contributed by atoms with Gasteiger partial charge in [-0.15, -0.1) is 0 Å². The van der Waals surface area contributed by atoms with E-state index in [2.05, 4.69) is 30.9 Å². The molecule has 2 rings (SSSR count). The van der Waals surface area contributed by atoms with Crippen molar-refractivity contribution in [3.63, 3.8) is 0 Å². The molecule has 0 radical (unpaired) electrons. The fourth-order valence-corrected chi connectivity index (χ4v) is 1.43. The summed E-state index contributed by atoms with van der Waals surface area (Å²) in [6, 6.07) is 2.01. The highest BCUT2D eigenvalue weighted by Gasteiger charge is 2.01. The van der Waals surface area contributed by atoms with Gasteiger partial charge in [0, 0.05) is 5.69 Å². The van der Waals surface area contributed by atoms with Crippen molar-refractivity contribution >= 4 is 27.0 Å². The van der Waals surface area contributed by atoms with Gasteiger partial charge >= 0.3 is 0 Å². The molecule has 2 aromatic rings. The van der Waals surface area contributed by atoms with Gasteiger partial charge in [0.05, 0.1) is 5.39 Å². The van der Waals surface area contributed by atoms with Crippen LogP contribution in [0.25, 0.3) is 11.0 Å². The van der Waals surface area contributed by atoms with Crippen LogP contribution in [0.3, 0.4) is 0 Å². The quantitative estimate of drug-likeness (QED) is 0.678. The summed E-state index contributed by atoms with van der Waals surface area (Å²) in [6.07, 6.45) is 1.53. The molecule has 2 heterocycles. The Bertz CT molecular complexity index is 393. The smallest absolute Gasteiger partial charge is 0.142 e. The van der Waals surface area contributed by atoms with E-state index in [1.54, 1.807) is 0 Å². The number of hydrogen-bond donors (Lipinski definition) is 1. The molecule has 0 unspecified atom stereocenters. The summed E-state index contributed by atoms with van der Waals surface area (Å²) in [5.41, 5.74) is 1.98. The minimum atomic E-state index is 0.840. The molecule has 1 N–H and O–H groups in total. The number of aryl methyl sites for hydroxylation is 1. The lowest BCUT2D eigenvalue weighted by Crippen LogP contribution is -1.79. The molecule has 0 bridgehead atoms. The summed E-state index contributed by atoms with van der Waals surface area (Å²) in [7, 11) is 0. The maximum Gasteiger partial charge on any atom is 0.142 e. The van der Waals surface area contributed by atoms with E-state index < -0.39 is 0 Å². The molecule has 0 amide bonds. The van der Waals surface area contributed by atoms with Crippen LogP contribution in [0.5, 0.6) is 0 Å². The molecule has 4 heteroatoms. The third-order valence-corrected chi connectivity index (χ3v) is 2.14. The van der Waals surface area contributed by atoms with Crippen molar-refractivity contribution in [1.29, 1.82) is 0 Å². The van der Waals surface area contributed by atoms with Crippen LogP contribution in [0.1, 0.15) is 5.69 Å². The molecule has 2 aromatic heterocycles. The van der Waals surface area contributed by atoms with Crippen LogP contribution in [0.2, 0.25) is 0 Å². The Kier molecular flexibility index (Phi) is 1.42. The average Bonchev–Trinajstić information content (AvgIpc) is 2.31. The summed E-state index contributed by atoms with van der Waals surface area (Å²) >= 11 is 3.34. The molecule has 0 saturated heterocycles. The summed E-state index contributed by atoms with van der Waals surface area (Å²) in [6.45, 7) is 1.99. The van der Waals surface area contributed by atoms with Gasteiger partial charge in [-0.25, -0.2) is 9.97 Å². The fourth-order valence-electron chi connectivity index (χ4n) is 1.04. The molecular formula is C7H6BrN3. The summed E-state index contributed by atoms with van der Waals surface area (Å²) in [5, 5.41) is 1.03. The molecule has 0 aliphatic carbocycles. The monoisotopic (exact) mass is 211 g/mol. The van der Waals surface area contributed by atoms with E-state index in [4.69, 9.17) is 0 Å². The number of aromatic nitrogens is 3. The van der Waals surface area contributed by atoms with Crippen LogP contribution in [-0.4, -0.2) is 15.0 Å². The molecule has 56 valence electrons. The number of halogens is 1. The summed E-state index contributed by atoms with van der Waals surface area (Å²) < 4.78 is 0.840. The van der Waals surface area contributed by atoms with Gasteiger partial charge in [0.2, 0.25) is 0 Å². The first-order valence-electron chi connectivity index (χ1n) is 3.23.